The average molecular weight is 244 g/mol. The fraction of sp³-hybridized carbons (Fsp3) is 0.562. The summed E-state index contributed by atoms with van der Waals surface area (Å²) in [4.78, 5) is 7.00. The number of likely N-dealkylation sites (tertiary alicyclic amines) is 1. The number of hydrogen-bond donors (Lipinski definition) is 0. The summed E-state index contributed by atoms with van der Waals surface area (Å²) < 4.78 is 0. The topological polar surface area (TPSA) is 16.1 Å². The zero-order valence-electron chi connectivity index (χ0n) is 11.8. The highest BCUT2D eigenvalue weighted by molar-refractivity contribution is 5.23. The first kappa shape index (κ1) is 13.3. The van der Waals surface area contributed by atoms with Gasteiger partial charge in [0.15, 0.2) is 0 Å². The highest BCUT2D eigenvalue weighted by Gasteiger charge is 2.26. The summed E-state index contributed by atoms with van der Waals surface area (Å²) in [6.45, 7) is 13.1. The molecule has 0 radical (unpaired) electrons. The number of hydrogen-bond acceptors (Lipinski definition) is 2. The van der Waals surface area contributed by atoms with Gasteiger partial charge in [0.1, 0.15) is 0 Å². The number of rotatable bonds is 3. The zero-order chi connectivity index (χ0) is 13.1. The number of piperidine rings is 1. The summed E-state index contributed by atoms with van der Waals surface area (Å²) in [6, 6.07) is 4.75. The van der Waals surface area contributed by atoms with Crippen LogP contribution in [0, 0.1) is 12.8 Å². The first-order valence-corrected chi connectivity index (χ1v) is 6.94. The van der Waals surface area contributed by atoms with Crippen molar-refractivity contribution in [1.82, 2.24) is 9.88 Å². The van der Waals surface area contributed by atoms with E-state index < -0.39 is 0 Å². The Bertz CT molecular complexity index is 425. The van der Waals surface area contributed by atoms with E-state index in [2.05, 4.69) is 43.3 Å². The fourth-order valence-corrected chi connectivity index (χ4v) is 3.14. The van der Waals surface area contributed by atoms with Crippen LogP contribution in [0.5, 0.6) is 0 Å². The van der Waals surface area contributed by atoms with Crippen LogP contribution in [-0.4, -0.2) is 23.0 Å². The molecule has 0 spiro atoms. The van der Waals surface area contributed by atoms with Crippen LogP contribution >= 0.6 is 0 Å². The molecular formula is C16H24N2. The van der Waals surface area contributed by atoms with E-state index in [9.17, 15) is 0 Å². The molecule has 1 aromatic heterocycles. The minimum absolute atomic E-state index is 0.484. The summed E-state index contributed by atoms with van der Waals surface area (Å²) in [7, 11) is 0. The van der Waals surface area contributed by atoms with Crippen molar-refractivity contribution in [2.45, 2.75) is 39.7 Å². The molecule has 0 saturated carbocycles. The Hall–Kier alpha value is -1.15. The average Bonchev–Trinajstić information content (AvgIpc) is 2.31. The Kier molecular flexibility index (Phi) is 4.18. The van der Waals surface area contributed by atoms with Crippen molar-refractivity contribution < 1.29 is 0 Å². The molecule has 1 aromatic rings. The first-order chi connectivity index (χ1) is 8.61. The molecule has 0 aromatic carbocycles. The van der Waals surface area contributed by atoms with Crippen LogP contribution in [-0.2, 0) is 0 Å². The van der Waals surface area contributed by atoms with Gasteiger partial charge in [0.2, 0.25) is 0 Å². The monoisotopic (exact) mass is 244 g/mol. The van der Waals surface area contributed by atoms with E-state index in [0.717, 1.165) is 24.6 Å². The van der Waals surface area contributed by atoms with Gasteiger partial charge in [-0.15, -0.1) is 0 Å². The molecule has 1 aliphatic rings. The number of aromatic nitrogens is 1. The Labute approximate surface area is 111 Å². The van der Waals surface area contributed by atoms with E-state index >= 15 is 0 Å². The highest BCUT2D eigenvalue weighted by atomic mass is 15.2. The molecule has 1 fully saturated rings. The van der Waals surface area contributed by atoms with Gasteiger partial charge in [-0.3, -0.25) is 9.88 Å². The molecule has 1 saturated heterocycles. The lowest BCUT2D eigenvalue weighted by molar-refractivity contribution is 0.155. The lowest BCUT2D eigenvalue weighted by Crippen LogP contribution is -2.38. The Morgan fingerprint density at radius 3 is 2.94 bits per heavy atom. The van der Waals surface area contributed by atoms with Crippen molar-refractivity contribution in [3.63, 3.8) is 0 Å². The van der Waals surface area contributed by atoms with Crippen molar-refractivity contribution in [3.8, 4) is 0 Å². The third-order valence-electron chi connectivity index (χ3n) is 3.84. The third-order valence-corrected chi connectivity index (χ3v) is 3.84. The Morgan fingerprint density at radius 1 is 1.56 bits per heavy atom. The zero-order valence-corrected chi connectivity index (χ0v) is 11.8. The number of aryl methyl sites for hydroxylation is 1. The van der Waals surface area contributed by atoms with E-state index in [0.29, 0.717) is 6.04 Å². The van der Waals surface area contributed by atoms with Gasteiger partial charge in [0, 0.05) is 31.0 Å². The predicted molar refractivity (Wildman–Crippen MR) is 76.5 cm³/mol. The number of pyridine rings is 1. The minimum Gasteiger partial charge on any atom is -0.292 e. The normalized spacial score (nSPS) is 23.1. The molecule has 0 amide bonds. The summed E-state index contributed by atoms with van der Waals surface area (Å²) in [5.41, 5.74) is 3.91. The molecule has 2 nitrogen and oxygen atoms in total. The second-order valence-electron chi connectivity index (χ2n) is 5.59. The second-order valence-corrected chi connectivity index (χ2v) is 5.59. The van der Waals surface area contributed by atoms with Crippen LogP contribution in [0.25, 0.3) is 0 Å². The lowest BCUT2D eigenvalue weighted by Gasteiger charge is -2.38. The van der Waals surface area contributed by atoms with Gasteiger partial charge >= 0.3 is 0 Å². The van der Waals surface area contributed by atoms with Crippen molar-refractivity contribution >= 4 is 0 Å². The highest BCUT2D eigenvalue weighted by Crippen LogP contribution is 2.31. The second kappa shape index (κ2) is 5.66. The first-order valence-electron chi connectivity index (χ1n) is 6.94. The third kappa shape index (κ3) is 2.81. The standard InChI is InChI=1S/C16H24N2/c1-5-16(15-7-6-8-17-14(15)4)18-10-12(2)9-13(3)11-18/h6-8,13,16H,2,5,9-11H2,1,3-4H3. The van der Waals surface area contributed by atoms with Crippen molar-refractivity contribution in [2.24, 2.45) is 5.92 Å². The quantitative estimate of drug-likeness (QED) is 0.753. The summed E-state index contributed by atoms with van der Waals surface area (Å²) in [6.07, 6.45) is 4.19. The largest absolute Gasteiger partial charge is 0.292 e. The maximum absolute atomic E-state index is 4.43. The van der Waals surface area contributed by atoms with Gasteiger partial charge in [0.25, 0.3) is 0 Å². The number of nitrogens with zero attached hydrogens (tertiary/aromatic N) is 2. The molecule has 2 unspecified atom stereocenters. The fourth-order valence-electron chi connectivity index (χ4n) is 3.14. The van der Waals surface area contributed by atoms with Crippen LogP contribution in [0.15, 0.2) is 30.5 Å². The smallest absolute Gasteiger partial charge is 0.0420 e. The van der Waals surface area contributed by atoms with Gasteiger partial charge in [-0.2, -0.15) is 0 Å². The van der Waals surface area contributed by atoms with Crippen molar-refractivity contribution in [1.29, 1.82) is 0 Å². The predicted octanol–water partition coefficient (Wildman–Crippen LogP) is 3.74. The van der Waals surface area contributed by atoms with E-state index in [1.807, 2.05) is 12.3 Å². The molecule has 0 bridgehead atoms. The molecule has 0 aliphatic carbocycles. The van der Waals surface area contributed by atoms with Gasteiger partial charge in [-0.25, -0.2) is 0 Å². The molecule has 2 heterocycles. The van der Waals surface area contributed by atoms with Gasteiger partial charge in [-0.1, -0.05) is 32.1 Å². The maximum Gasteiger partial charge on any atom is 0.0420 e. The van der Waals surface area contributed by atoms with E-state index in [1.54, 1.807) is 0 Å². The summed E-state index contributed by atoms with van der Waals surface area (Å²) >= 11 is 0. The van der Waals surface area contributed by atoms with E-state index in [1.165, 1.54) is 24.1 Å². The Morgan fingerprint density at radius 2 is 2.33 bits per heavy atom. The molecule has 18 heavy (non-hydrogen) atoms. The van der Waals surface area contributed by atoms with Crippen LogP contribution < -0.4 is 0 Å². The van der Waals surface area contributed by atoms with Crippen LogP contribution in [0.1, 0.15) is 44.0 Å². The molecule has 1 aliphatic heterocycles. The molecular weight excluding hydrogens is 220 g/mol. The van der Waals surface area contributed by atoms with E-state index in [4.69, 9.17) is 0 Å². The van der Waals surface area contributed by atoms with Gasteiger partial charge in [-0.05, 0) is 37.3 Å². The SMILES string of the molecule is C=C1CC(C)CN(C(CC)c2cccnc2C)C1. The Balaban J connectivity index is 2.23. The molecule has 2 atom stereocenters. The van der Waals surface area contributed by atoms with Crippen LogP contribution in [0.2, 0.25) is 0 Å². The van der Waals surface area contributed by atoms with Gasteiger partial charge in [0.05, 0.1) is 0 Å². The molecule has 2 rings (SSSR count). The van der Waals surface area contributed by atoms with E-state index in [-0.39, 0.29) is 0 Å². The van der Waals surface area contributed by atoms with Gasteiger partial charge < -0.3 is 0 Å². The molecule has 0 N–H and O–H groups in total. The van der Waals surface area contributed by atoms with Crippen molar-refractivity contribution in [3.05, 3.63) is 41.7 Å². The maximum atomic E-state index is 4.43. The summed E-state index contributed by atoms with van der Waals surface area (Å²) in [5.74, 6) is 0.720. The van der Waals surface area contributed by atoms with Crippen molar-refractivity contribution in [2.75, 3.05) is 13.1 Å². The summed E-state index contributed by atoms with van der Waals surface area (Å²) in [5, 5.41) is 0. The molecule has 98 valence electrons. The minimum atomic E-state index is 0.484. The van der Waals surface area contributed by atoms with Crippen LogP contribution in [0.3, 0.4) is 0 Å². The van der Waals surface area contributed by atoms with Crippen LogP contribution in [0.4, 0.5) is 0 Å². The molecule has 2 heteroatoms. The lowest BCUT2D eigenvalue weighted by atomic mass is 9.92.